The number of aliphatic hydroxyl groups excluding tert-OH is 1. The van der Waals surface area contributed by atoms with Crippen LogP contribution in [0.15, 0.2) is 12.4 Å². The molecule has 0 aromatic carbocycles. The van der Waals surface area contributed by atoms with Crippen molar-refractivity contribution < 1.29 is 9.84 Å². The van der Waals surface area contributed by atoms with Crippen LogP contribution >= 0.6 is 0 Å². The largest absolute Gasteiger partial charge is 0.474 e. The summed E-state index contributed by atoms with van der Waals surface area (Å²) in [5, 5.41) is 9.45. The zero-order chi connectivity index (χ0) is 19.0. The number of fused-ring (bicyclic) bond motifs is 3. The highest BCUT2D eigenvalue weighted by Crippen LogP contribution is 2.48. The standard InChI is InChI=1S/C22H33N3O2/c1-4-22(25(2)3)10-7-17(8-11-22)27-21-20-18(23-14-24-21)13-16-6-5-15(9-12-26)19(16)20/h13-15,17,26H,4-12H2,1-3H3,(H,23,24)/t15-,17?,22?/m1/s1. The van der Waals surface area contributed by atoms with E-state index in [0.717, 1.165) is 49.2 Å². The lowest BCUT2D eigenvalue weighted by molar-refractivity contribution is 0.0398. The fraction of sp³-hybridized carbons (Fsp3) is 0.682. The molecule has 0 radical (unpaired) electrons. The molecule has 1 aliphatic heterocycles. The highest BCUT2D eigenvalue weighted by atomic mass is 16.5. The summed E-state index contributed by atoms with van der Waals surface area (Å²) in [4.78, 5) is 10.3. The smallest absolute Gasteiger partial charge is 0.224 e. The Morgan fingerprint density at radius 3 is 2.74 bits per heavy atom. The van der Waals surface area contributed by atoms with Crippen molar-refractivity contribution in [2.24, 2.45) is 0 Å². The molecule has 0 saturated heterocycles. The Kier molecular flexibility index (Phi) is 5.17. The number of aliphatic hydroxyl groups is 1. The fourth-order valence-corrected chi connectivity index (χ4v) is 5.40. The molecule has 3 aliphatic carbocycles. The first-order valence-electron chi connectivity index (χ1n) is 10.5. The average Bonchev–Trinajstić information content (AvgIpc) is 3.23. The quantitative estimate of drug-likeness (QED) is 0.807. The summed E-state index contributed by atoms with van der Waals surface area (Å²) >= 11 is 0. The molecule has 5 heteroatoms. The van der Waals surface area contributed by atoms with Gasteiger partial charge in [-0.25, -0.2) is 4.98 Å². The van der Waals surface area contributed by atoms with Crippen LogP contribution in [0.1, 0.15) is 68.9 Å². The van der Waals surface area contributed by atoms with Gasteiger partial charge in [-0.05, 0) is 88.6 Å². The zero-order valence-electron chi connectivity index (χ0n) is 16.9. The molecule has 0 unspecified atom stereocenters. The molecular formula is C22H33N3O2. The summed E-state index contributed by atoms with van der Waals surface area (Å²) in [6.07, 6.45) is 10.7. The minimum absolute atomic E-state index is 0.239. The second kappa shape index (κ2) is 7.44. The third kappa shape index (κ3) is 3.25. The van der Waals surface area contributed by atoms with Gasteiger partial charge in [-0.1, -0.05) is 6.92 Å². The number of aryl methyl sites for hydroxylation is 1. The van der Waals surface area contributed by atoms with Crippen LogP contribution in [0, 0.1) is 0 Å². The summed E-state index contributed by atoms with van der Waals surface area (Å²) in [6, 6.07) is 2.26. The van der Waals surface area contributed by atoms with Gasteiger partial charge in [0.2, 0.25) is 5.88 Å². The van der Waals surface area contributed by atoms with Crippen LogP contribution in [0.3, 0.4) is 0 Å². The molecule has 4 rings (SSSR count). The van der Waals surface area contributed by atoms with E-state index in [-0.39, 0.29) is 12.7 Å². The highest BCUT2D eigenvalue weighted by Gasteiger charge is 2.37. The van der Waals surface area contributed by atoms with E-state index in [1.807, 2.05) is 0 Å². The number of nitrogens with one attached hydrogen (secondary N) is 1. The number of rotatable bonds is 6. The van der Waals surface area contributed by atoms with Gasteiger partial charge in [0.05, 0.1) is 17.6 Å². The molecule has 0 amide bonds. The zero-order valence-corrected chi connectivity index (χ0v) is 16.9. The van der Waals surface area contributed by atoms with E-state index in [4.69, 9.17) is 4.74 Å². The fourth-order valence-electron chi connectivity index (χ4n) is 5.40. The first-order valence-corrected chi connectivity index (χ1v) is 10.5. The van der Waals surface area contributed by atoms with Gasteiger partial charge >= 0.3 is 0 Å². The van der Waals surface area contributed by atoms with Gasteiger partial charge in [0, 0.05) is 12.1 Å². The number of H-pyrrole nitrogens is 1. The van der Waals surface area contributed by atoms with E-state index in [2.05, 4.69) is 42.0 Å². The predicted molar refractivity (Wildman–Crippen MR) is 108 cm³/mol. The number of nitrogens with zero attached hydrogens (tertiary/aromatic N) is 2. The highest BCUT2D eigenvalue weighted by molar-refractivity contribution is 5.76. The van der Waals surface area contributed by atoms with Crippen molar-refractivity contribution in [2.75, 3.05) is 20.7 Å². The number of hydrogen-bond acceptors (Lipinski definition) is 4. The molecular weight excluding hydrogens is 338 g/mol. The Bertz CT molecular complexity index is 746. The Morgan fingerprint density at radius 1 is 1.30 bits per heavy atom. The molecule has 0 aromatic rings. The Labute approximate surface area is 162 Å². The molecule has 27 heavy (non-hydrogen) atoms. The van der Waals surface area contributed by atoms with Crippen molar-refractivity contribution in [1.82, 2.24) is 14.9 Å². The first kappa shape index (κ1) is 18.8. The molecule has 2 N–H and O–H groups in total. The van der Waals surface area contributed by atoms with Crippen LogP contribution in [-0.4, -0.2) is 52.3 Å². The molecule has 148 valence electrons. The second-order valence-electron chi connectivity index (χ2n) is 8.62. The lowest BCUT2D eigenvalue weighted by Crippen LogP contribution is -2.48. The topological polar surface area (TPSA) is 61.4 Å². The van der Waals surface area contributed by atoms with Crippen molar-refractivity contribution in [1.29, 1.82) is 0 Å². The molecule has 4 aliphatic rings. The van der Waals surface area contributed by atoms with Gasteiger partial charge in [-0.2, -0.15) is 0 Å². The van der Waals surface area contributed by atoms with Crippen molar-refractivity contribution >= 4 is 0 Å². The van der Waals surface area contributed by atoms with Gasteiger partial charge < -0.3 is 19.7 Å². The Balaban J connectivity index is 1.56. The number of aromatic amines is 1. The molecule has 1 saturated carbocycles. The van der Waals surface area contributed by atoms with Gasteiger partial charge in [-0.3, -0.25) is 0 Å². The maximum atomic E-state index is 9.45. The predicted octanol–water partition coefficient (Wildman–Crippen LogP) is 3.96. The molecule has 0 aromatic heterocycles. The normalized spacial score (nSPS) is 28.0. The van der Waals surface area contributed by atoms with Crippen LogP contribution in [0.5, 0.6) is 5.88 Å². The summed E-state index contributed by atoms with van der Waals surface area (Å²) in [5.41, 5.74) is 5.37. The lowest BCUT2D eigenvalue weighted by Gasteiger charge is -2.44. The maximum Gasteiger partial charge on any atom is 0.224 e. The van der Waals surface area contributed by atoms with Crippen molar-refractivity contribution in [3.63, 3.8) is 0 Å². The minimum Gasteiger partial charge on any atom is -0.474 e. The van der Waals surface area contributed by atoms with Crippen LogP contribution in [-0.2, 0) is 6.42 Å². The van der Waals surface area contributed by atoms with E-state index >= 15 is 0 Å². The van der Waals surface area contributed by atoms with Crippen LogP contribution in [0.2, 0.25) is 0 Å². The summed E-state index contributed by atoms with van der Waals surface area (Å²) < 4.78 is 6.48. The van der Waals surface area contributed by atoms with Crippen LogP contribution < -0.4 is 4.74 Å². The molecule has 5 nitrogen and oxygen atoms in total. The number of ether oxygens (including phenoxy) is 1. The first-order chi connectivity index (χ1) is 13.1. The van der Waals surface area contributed by atoms with Crippen molar-refractivity contribution in [3.05, 3.63) is 23.5 Å². The van der Waals surface area contributed by atoms with Gasteiger partial charge in [0.15, 0.2) is 0 Å². The van der Waals surface area contributed by atoms with Gasteiger partial charge in [0.1, 0.15) is 6.10 Å². The minimum atomic E-state index is 0.239. The summed E-state index contributed by atoms with van der Waals surface area (Å²) in [5.74, 6) is 1.21. The van der Waals surface area contributed by atoms with E-state index < -0.39 is 0 Å². The van der Waals surface area contributed by atoms with Crippen molar-refractivity contribution in [3.8, 4) is 17.1 Å². The van der Waals surface area contributed by atoms with Crippen LogP contribution in [0.4, 0.5) is 0 Å². The van der Waals surface area contributed by atoms with E-state index in [9.17, 15) is 5.11 Å². The van der Waals surface area contributed by atoms with E-state index in [1.54, 1.807) is 6.33 Å². The Hall–Kier alpha value is -1.59. The molecule has 1 fully saturated rings. The Morgan fingerprint density at radius 2 is 2.07 bits per heavy atom. The number of aromatic nitrogens is 2. The third-order valence-electron chi connectivity index (χ3n) is 7.22. The monoisotopic (exact) mass is 371 g/mol. The van der Waals surface area contributed by atoms with E-state index in [0.29, 0.717) is 11.5 Å². The summed E-state index contributed by atoms with van der Waals surface area (Å²) in [6.45, 7) is 2.54. The van der Waals surface area contributed by atoms with Gasteiger partial charge in [-0.15, -0.1) is 0 Å². The molecule has 0 bridgehead atoms. The van der Waals surface area contributed by atoms with E-state index in [1.165, 1.54) is 30.4 Å². The molecule has 1 atom stereocenters. The lowest BCUT2D eigenvalue weighted by atomic mass is 9.77. The van der Waals surface area contributed by atoms with Gasteiger partial charge in [0.25, 0.3) is 0 Å². The average molecular weight is 372 g/mol. The van der Waals surface area contributed by atoms with Crippen molar-refractivity contribution in [2.45, 2.75) is 75.9 Å². The summed E-state index contributed by atoms with van der Waals surface area (Å²) in [7, 11) is 4.41. The maximum absolute atomic E-state index is 9.45. The third-order valence-corrected chi connectivity index (χ3v) is 7.22. The second-order valence-corrected chi connectivity index (χ2v) is 8.62. The molecule has 0 spiro atoms. The SMILES string of the molecule is CCC1(N(C)C)CCC(Oc2nc[nH]c3cc4c(c2-3)[C@@H](CCO)CC4)CC1. The molecule has 1 heterocycles. The number of hydrogen-bond donors (Lipinski definition) is 2. The van der Waals surface area contributed by atoms with Crippen LogP contribution in [0.25, 0.3) is 11.3 Å².